The third kappa shape index (κ3) is 3.96. The summed E-state index contributed by atoms with van der Waals surface area (Å²) in [6, 6.07) is 9.97. The molecule has 0 saturated heterocycles. The minimum atomic E-state index is -0.0874. The fraction of sp³-hybridized carbons (Fsp3) is 0.500. The number of benzene rings is 1. The van der Waals surface area contributed by atoms with Crippen LogP contribution in [0.15, 0.2) is 30.3 Å². The molecular weight excluding hydrogens is 352 g/mol. The molecule has 0 atom stereocenters. The van der Waals surface area contributed by atoms with Crippen molar-refractivity contribution in [3.05, 3.63) is 53.1 Å². The molecule has 0 spiro atoms. The Labute approximate surface area is 167 Å². The van der Waals surface area contributed by atoms with E-state index in [0.29, 0.717) is 37.7 Å². The standard InChI is InChI=1S/C22H30N4O2/c1-4-24(5-2)22(28)20-23-19(18-14-10-11-15-26(18)20)21(27)25(6-3)16-17-12-8-7-9-13-17/h7-9,12-13H,4-6,10-11,14-16H2,1-3H3. The van der Waals surface area contributed by atoms with Gasteiger partial charge in [-0.3, -0.25) is 9.59 Å². The lowest BCUT2D eigenvalue weighted by molar-refractivity contribution is 0.0745. The molecule has 1 aromatic carbocycles. The van der Waals surface area contributed by atoms with E-state index in [0.717, 1.165) is 37.1 Å². The van der Waals surface area contributed by atoms with Gasteiger partial charge in [0, 0.05) is 32.7 Å². The quantitative estimate of drug-likeness (QED) is 0.738. The third-order valence-corrected chi connectivity index (χ3v) is 5.45. The van der Waals surface area contributed by atoms with Crippen LogP contribution in [0.5, 0.6) is 0 Å². The van der Waals surface area contributed by atoms with Crippen LogP contribution in [0.2, 0.25) is 0 Å². The highest BCUT2D eigenvalue weighted by molar-refractivity contribution is 5.97. The molecule has 0 fully saturated rings. The summed E-state index contributed by atoms with van der Waals surface area (Å²) in [5.41, 5.74) is 2.46. The van der Waals surface area contributed by atoms with E-state index in [2.05, 4.69) is 4.98 Å². The Bertz CT molecular complexity index is 825. The van der Waals surface area contributed by atoms with Crippen LogP contribution in [0.4, 0.5) is 0 Å². The van der Waals surface area contributed by atoms with Gasteiger partial charge in [0.05, 0.1) is 5.69 Å². The molecule has 0 radical (unpaired) electrons. The smallest absolute Gasteiger partial charge is 0.289 e. The van der Waals surface area contributed by atoms with Crippen LogP contribution in [0.1, 0.15) is 66.0 Å². The zero-order valence-corrected chi connectivity index (χ0v) is 17.1. The van der Waals surface area contributed by atoms with Crippen molar-refractivity contribution in [2.24, 2.45) is 0 Å². The molecule has 2 heterocycles. The first-order valence-corrected chi connectivity index (χ1v) is 10.3. The highest BCUT2D eigenvalue weighted by atomic mass is 16.2. The second kappa shape index (κ2) is 9.04. The van der Waals surface area contributed by atoms with Gasteiger partial charge in [-0.1, -0.05) is 30.3 Å². The molecule has 150 valence electrons. The van der Waals surface area contributed by atoms with E-state index in [1.54, 1.807) is 9.80 Å². The van der Waals surface area contributed by atoms with Gasteiger partial charge in [0.15, 0.2) is 5.82 Å². The SMILES string of the molecule is CCN(Cc1ccccc1)C(=O)c1nc(C(=O)N(CC)CC)n2c1CCCC2. The predicted molar refractivity (Wildman–Crippen MR) is 109 cm³/mol. The summed E-state index contributed by atoms with van der Waals surface area (Å²) in [7, 11) is 0. The van der Waals surface area contributed by atoms with Gasteiger partial charge in [-0.25, -0.2) is 4.98 Å². The van der Waals surface area contributed by atoms with Crippen LogP contribution < -0.4 is 0 Å². The van der Waals surface area contributed by atoms with Crippen molar-refractivity contribution in [3.63, 3.8) is 0 Å². The molecular formula is C22H30N4O2. The molecule has 0 bridgehead atoms. The molecule has 0 N–H and O–H groups in total. The van der Waals surface area contributed by atoms with Crippen LogP contribution in [-0.4, -0.2) is 50.8 Å². The molecule has 3 rings (SSSR count). The predicted octanol–water partition coefficient (Wildman–Crippen LogP) is 3.36. The first kappa shape index (κ1) is 20.1. The lowest BCUT2D eigenvalue weighted by Crippen LogP contribution is -2.33. The van der Waals surface area contributed by atoms with Crippen LogP contribution in [0, 0.1) is 0 Å². The van der Waals surface area contributed by atoms with Gasteiger partial charge < -0.3 is 14.4 Å². The zero-order chi connectivity index (χ0) is 20.1. The molecule has 2 aromatic rings. The second-order valence-electron chi connectivity index (χ2n) is 7.12. The molecule has 6 heteroatoms. The van der Waals surface area contributed by atoms with Gasteiger partial charge in [0.1, 0.15) is 5.69 Å². The number of rotatable bonds is 7. The van der Waals surface area contributed by atoms with Crippen molar-refractivity contribution in [2.45, 2.75) is 53.1 Å². The largest absolute Gasteiger partial charge is 0.337 e. The summed E-state index contributed by atoms with van der Waals surface area (Å²) in [5.74, 6) is 0.242. The third-order valence-electron chi connectivity index (χ3n) is 5.45. The molecule has 1 aromatic heterocycles. The Morgan fingerprint density at radius 3 is 2.29 bits per heavy atom. The fourth-order valence-corrected chi connectivity index (χ4v) is 3.81. The van der Waals surface area contributed by atoms with Gasteiger partial charge in [-0.05, 0) is 45.6 Å². The Kier molecular flexibility index (Phi) is 6.49. The van der Waals surface area contributed by atoms with Crippen LogP contribution in [-0.2, 0) is 19.5 Å². The number of amides is 2. The zero-order valence-electron chi connectivity index (χ0n) is 17.1. The summed E-state index contributed by atoms with van der Waals surface area (Å²) < 4.78 is 1.98. The van der Waals surface area contributed by atoms with E-state index in [-0.39, 0.29) is 11.8 Å². The number of nitrogens with zero attached hydrogens (tertiary/aromatic N) is 4. The van der Waals surface area contributed by atoms with Gasteiger partial charge in [0.2, 0.25) is 0 Å². The molecule has 1 aliphatic rings. The van der Waals surface area contributed by atoms with E-state index < -0.39 is 0 Å². The topological polar surface area (TPSA) is 58.4 Å². The Morgan fingerprint density at radius 2 is 1.64 bits per heavy atom. The summed E-state index contributed by atoms with van der Waals surface area (Å²) >= 11 is 0. The number of carbonyl (C=O) groups excluding carboxylic acids is 2. The number of aromatic nitrogens is 2. The van der Waals surface area contributed by atoms with Crippen molar-refractivity contribution < 1.29 is 9.59 Å². The van der Waals surface area contributed by atoms with E-state index in [4.69, 9.17) is 0 Å². The Morgan fingerprint density at radius 1 is 0.964 bits per heavy atom. The number of hydrogen-bond acceptors (Lipinski definition) is 3. The van der Waals surface area contributed by atoms with Crippen molar-refractivity contribution in [1.82, 2.24) is 19.4 Å². The number of hydrogen-bond donors (Lipinski definition) is 0. The van der Waals surface area contributed by atoms with Gasteiger partial charge in [-0.15, -0.1) is 0 Å². The molecule has 0 aliphatic carbocycles. The van der Waals surface area contributed by atoms with Gasteiger partial charge in [-0.2, -0.15) is 0 Å². The van der Waals surface area contributed by atoms with Gasteiger partial charge >= 0.3 is 0 Å². The average molecular weight is 383 g/mol. The van der Waals surface area contributed by atoms with E-state index >= 15 is 0 Å². The highest BCUT2D eigenvalue weighted by Crippen LogP contribution is 2.23. The highest BCUT2D eigenvalue weighted by Gasteiger charge is 2.30. The van der Waals surface area contributed by atoms with Crippen molar-refractivity contribution in [1.29, 1.82) is 0 Å². The first-order valence-electron chi connectivity index (χ1n) is 10.3. The summed E-state index contributed by atoms with van der Waals surface area (Å²) in [6.07, 6.45) is 2.83. The minimum absolute atomic E-state index is 0.0849. The normalized spacial score (nSPS) is 13.1. The summed E-state index contributed by atoms with van der Waals surface area (Å²) in [6.45, 7) is 9.07. The molecule has 28 heavy (non-hydrogen) atoms. The van der Waals surface area contributed by atoms with Crippen molar-refractivity contribution in [2.75, 3.05) is 19.6 Å². The Hall–Kier alpha value is -2.63. The maximum Gasteiger partial charge on any atom is 0.289 e. The van der Waals surface area contributed by atoms with E-state index in [1.165, 1.54) is 0 Å². The maximum absolute atomic E-state index is 13.3. The van der Waals surface area contributed by atoms with Crippen molar-refractivity contribution in [3.8, 4) is 0 Å². The van der Waals surface area contributed by atoms with Gasteiger partial charge in [0.25, 0.3) is 11.8 Å². The Balaban J connectivity index is 1.94. The number of fused-ring (bicyclic) bond motifs is 1. The summed E-state index contributed by atoms with van der Waals surface area (Å²) in [5, 5.41) is 0. The second-order valence-corrected chi connectivity index (χ2v) is 7.12. The number of imidazole rings is 1. The van der Waals surface area contributed by atoms with Crippen LogP contribution in [0.25, 0.3) is 0 Å². The maximum atomic E-state index is 13.3. The average Bonchev–Trinajstić information content (AvgIpc) is 3.13. The molecule has 0 saturated carbocycles. The fourth-order valence-electron chi connectivity index (χ4n) is 3.81. The monoisotopic (exact) mass is 382 g/mol. The number of carbonyl (C=O) groups is 2. The minimum Gasteiger partial charge on any atom is -0.337 e. The van der Waals surface area contributed by atoms with Crippen LogP contribution >= 0.6 is 0 Å². The molecule has 1 aliphatic heterocycles. The van der Waals surface area contributed by atoms with E-state index in [1.807, 2.05) is 55.7 Å². The lowest BCUT2D eigenvalue weighted by Gasteiger charge is -2.22. The van der Waals surface area contributed by atoms with Crippen molar-refractivity contribution >= 4 is 11.8 Å². The van der Waals surface area contributed by atoms with Crippen LogP contribution in [0.3, 0.4) is 0 Å². The molecule has 6 nitrogen and oxygen atoms in total. The molecule has 2 amide bonds. The molecule has 0 unspecified atom stereocenters. The summed E-state index contributed by atoms with van der Waals surface area (Å²) in [4.78, 5) is 34.5. The van der Waals surface area contributed by atoms with E-state index in [9.17, 15) is 9.59 Å². The first-order chi connectivity index (χ1) is 13.6. The lowest BCUT2D eigenvalue weighted by atomic mass is 10.1.